The summed E-state index contributed by atoms with van der Waals surface area (Å²) >= 11 is 0. The summed E-state index contributed by atoms with van der Waals surface area (Å²) in [5, 5.41) is 3.27. The van der Waals surface area contributed by atoms with E-state index in [4.69, 9.17) is 10.5 Å². The molecular weight excluding hydrogens is 242 g/mol. The summed E-state index contributed by atoms with van der Waals surface area (Å²) in [5.74, 6) is 0.391. The Bertz CT molecular complexity index is 379. The van der Waals surface area contributed by atoms with Crippen molar-refractivity contribution in [1.82, 2.24) is 4.98 Å². The monoisotopic (exact) mass is 265 g/mol. The average Bonchev–Trinajstić information content (AvgIpc) is 2.44. The molecule has 106 valence electrons. The molecule has 1 aromatic rings. The lowest BCUT2D eigenvalue weighted by Crippen LogP contribution is -2.29. The standard InChI is InChI=1S/C14H23N3O2/c1-3-5-6-12(9-15)17-13-8-7-11(10-16-13)14(18)19-4-2/h7-8,10,12H,3-6,9,15H2,1-2H3,(H,16,17). The van der Waals surface area contributed by atoms with Crippen LogP contribution in [0.25, 0.3) is 0 Å². The number of carbonyl (C=O) groups excluding carboxylic acids is 1. The molecule has 0 amide bonds. The molecule has 1 atom stereocenters. The normalized spacial score (nSPS) is 11.9. The van der Waals surface area contributed by atoms with Crippen LogP contribution in [0.3, 0.4) is 0 Å². The van der Waals surface area contributed by atoms with Gasteiger partial charge in [-0.15, -0.1) is 0 Å². The zero-order valence-corrected chi connectivity index (χ0v) is 11.7. The van der Waals surface area contributed by atoms with Crippen molar-refractivity contribution in [1.29, 1.82) is 0 Å². The number of rotatable bonds is 8. The molecule has 0 spiro atoms. The number of aromatic nitrogens is 1. The van der Waals surface area contributed by atoms with Gasteiger partial charge in [0.15, 0.2) is 0 Å². The van der Waals surface area contributed by atoms with Gasteiger partial charge in [-0.25, -0.2) is 9.78 Å². The Kier molecular flexibility index (Phi) is 6.89. The Balaban J connectivity index is 2.57. The van der Waals surface area contributed by atoms with E-state index in [1.807, 2.05) is 0 Å². The zero-order valence-electron chi connectivity index (χ0n) is 11.7. The van der Waals surface area contributed by atoms with Crippen LogP contribution in [-0.2, 0) is 4.74 Å². The predicted octanol–water partition coefficient (Wildman–Crippen LogP) is 2.19. The van der Waals surface area contributed by atoms with Crippen molar-refractivity contribution in [3.8, 4) is 0 Å². The highest BCUT2D eigenvalue weighted by molar-refractivity contribution is 5.89. The molecule has 0 aromatic carbocycles. The van der Waals surface area contributed by atoms with Gasteiger partial charge in [0.2, 0.25) is 0 Å². The van der Waals surface area contributed by atoms with Crippen LogP contribution in [0.2, 0.25) is 0 Å². The molecule has 19 heavy (non-hydrogen) atoms. The van der Waals surface area contributed by atoms with Crippen LogP contribution in [0, 0.1) is 0 Å². The van der Waals surface area contributed by atoms with Crippen molar-refractivity contribution >= 4 is 11.8 Å². The molecule has 3 N–H and O–H groups in total. The maximum Gasteiger partial charge on any atom is 0.339 e. The van der Waals surface area contributed by atoms with Crippen molar-refractivity contribution in [3.63, 3.8) is 0 Å². The summed E-state index contributed by atoms with van der Waals surface area (Å²) in [6, 6.07) is 3.71. The molecule has 0 saturated heterocycles. The number of carbonyl (C=O) groups is 1. The molecule has 0 fully saturated rings. The molecule has 0 aliphatic heterocycles. The number of nitrogens with zero attached hydrogens (tertiary/aromatic N) is 1. The molecule has 1 rings (SSSR count). The first-order valence-electron chi connectivity index (χ1n) is 6.81. The first-order valence-corrected chi connectivity index (χ1v) is 6.81. The predicted molar refractivity (Wildman–Crippen MR) is 76.2 cm³/mol. The minimum atomic E-state index is -0.345. The Hall–Kier alpha value is -1.62. The van der Waals surface area contributed by atoms with Gasteiger partial charge in [0.25, 0.3) is 0 Å². The molecule has 0 saturated carbocycles. The van der Waals surface area contributed by atoms with Gasteiger partial charge in [-0.2, -0.15) is 0 Å². The Morgan fingerprint density at radius 1 is 1.47 bits per heavy atom. The number of nitrogens with two attached hydrogens (primary N) is 1. The highest BCUT2D eigenvalue weighted by Crippen LogP contribution is 2.10. The molecule has 0 aliphatic carbocycles. The lowest BCUT2D eigenvalue weighted by molar-refractivity contribution is 0.0526. The Labute approximate surface area is 114 Å². The van der Waals surface area contributed by atoms with E-state index in [0.717, 1.165) is 25.1 Å². The average molecular weight is 265 g/mol. The summed E-state index contributed by atoms with van der Waals surface area (Å²) in [7, 11) is 0. The van der Waals surface area contributed by atoms with Crippen molar-refractivity contribution < 1.29 is 9.53 Å². The van der Waals surface area contributed by atoms with Gasteiger partial charge in [-0.05, 0) is 25.5 Å². The molecule has 1 heterocycles. The van der Waals surface area contributed by atoms with E-state index in [1.165, 1.54) is 6.20 Å². The number of anilines is 1. The molecular formula is C14H23N3O2. The Morgan fingerprint density at radius 2 is 2.26 bits per heavy atom. The van der Waals surface area contributed by atoms with E-state index >= 15 is 0 Å². The fraction of sp³-hybridized carbons (Fsp3) is 0.571. The SMILES string of the molecule is CCCCC(CN)Nc1ccc(C(=O)OCC)cn1. The van der Waals surface area contributed by atoms with Crippen LogP contribution >= 0.6 is 0 Å². The van der Waals surface area contributed by atoms with Crippen LogP contribution in [0.5, 0.6) is 0 Å². The van der Waals surface area contributed by atoms with Gasteiger partial charge in [0.05, 0.1) is 12.2 Å². The summed E-state index contributed by atoms with van der Waals surface area (Å²) in [6.07, 6.45) is 4.82. The van der Waals surface area contributed by atoms with Crippen LogP contribution in [0.1, 0.15) is 43.5 Å². The summed E-state index contributed by atoms with van der Waals surface area (Å²) < 4.78 is 4.90. The molecule has 5 heteroatoms. The van der Waals surface area contributed by atoms with Gasteiger partial charge in [0.1, 0.15) is 5.82 Å². The van der Waals surface area contributed by atoms with E-state index in [9.17, 15) is 4.79 Å². The molecule has 1 aromatic heterocycles. The second-order valence-corrected chi connectivity index (χ2v) is 4.37. The first kappa shape index (κ1) is 15.4. The van der Waals surface area contributed by atoms with Gasteiger partial charge < -0.3 is 15.8 Å². The smallest absolute Gasteiger partial charge is 0.339 e. The van der Waals surface area contributed by atoms with Gasteiger partial charge >= 0.3 is 5.97 Å². The summed E-state index contributed by atoms with van der Waals surface area (Å²) in [5.41, 5.74) is 6.18. The van der Waals surface area contributed by atoms with Crippen molar-refractivity contribution in [2.45, 2.75) is 39.2 Å². The number of hydrogen-bond acceptors (Lipinski definition) is 5. The molecule has 5 nitrogen and oxygen atoms in total. The third-order valence-electron chi connectivity index (χ3n) is 2.82. The van der Waals surface area contributed by atoms with Crippen molar-refractivity contribution in [2.75, 3.05) is 18.5 Å². The van der Waals surface area contributed by atoms with Crippen LogP contribution in [0.15, 0.2) is 18.3 Å². The van der Waals surface area contributed by atoms with Crippen molar-refractivity contribution in [2.24, 2.45) is 5.73 Å². The highest BCUT2D eigenvalue weighted by Gasteiger charge is 2.09. The summed E-state index contributed by atoms with van der Waals surface area (Å²) in [4.78, 5) is 15.7. The minimum Gasteiger partial charge on any atom is -0.462 e. The lowest BCUT2D eigenvalue weighted by atomic mass is 10.1. The van der Waals surface area contributed by atoms with E-state index in [1.54, 1.807) is 19.1 Å². The maximum absolute atomic E-state index is 11.5. The van der Waals surface area contributed by atoms with Crippen LogP contribution in [0.4, 0.5) is 5.82 Å². The second-order valence-electron chi connectivity index (χ2n) is 4.37. The number of esters is 1. The molecule has 0 bridgehead atoms. The fourth-order valence-electron chi connectivity index (χ4n) is 1.72. The number of pyridine rings is 1. The molecule has 0 aliphatic rings. The van der Waals surface area contributed by atoms with Gasteiger partial charge in [-0.1, -0.05) is 19.8 Å². The minimum absolute atomic E-state index is 0.223. The number of ether oxygens (including phenoxy) is 1. The third-order valence-corrected chi connectivity index (χ3v) is 2.82. The van der Waals surface area contributed by atoms with E-state index < -0.39 is 0 Å². The van der Waals surface area contributed by atoms with E-state index in [2.05, 4.69) is 17.2 Å². The largest absolute Gasteiger partial charge is 0.462 e. The number of hydrogen-bond donors (Lipinski definition) is 2. The van der Waals surface area contributed by atoms with Gasteiger partial charge in [-0.3, -0.25) is 0 Å². The second kappa shape index (κ2) is 8.48. The van der Waals surface area contributed by atoms with E-state index in [0.29, 0.717) is 18.7 Å². The Morgan fingerprint density at radius 3 is 2.79 bits per heavy atom. The number of nitrogens with one attached hydrogen (secondary N) is 1. The number of unbranched alkanes of at least 4 members (excludes halogenated alkanes) is 1. The lowest BCUT2D eigenvalue weighted by Gasteiger charge is -2.17. The zero-order chi connectivity index (χ0) is 14.1. The molecule has 1 unspecified atom stereocenters. The molecule has 0 radical (unpaired) electrons. The van der Waals surface area contributed by atoms with Crippen molar-refractivity contribution in [3.05, 3.63) is 23.9 Å². The van der Waals surface area contributed by atoms with Gasteiger partial charge in [0, 0.05) is 18.8 Å². The summed E-state index contributed by atoms with van der Waals surface area (Å²) in [6.45, 7) is 4.87. The van der Waals surface area contributed by atoms with Crippen LogP contribution < -0.4 is 11.1 Å². The maximum atomic E-state index is 11.5. The first-order chi connectivity index (χ1) is 9.21. The third kappa shape index (κ3) is 5.26. The van der Waals surface area contributed by atoms with E-state index in [-0.39, 0.29) is 12.0 Å². The van der Waals surface area contributed by atoms with Crippen LogP contribution in [-0.4, -0.2) is 30.1 Å². The quantitative estimate of drug-likeness (QED) is 0.704. The highest BCUT2D eigenvalue weighted by atomic mass is 16.5. The topological polar surface area (TPSA) is 77.2 Å². The fourth-order valence-corrected chi connectivity index (χ4v) is 1.72.